The number of aromatic nitrogens is 2. The van der Waals surface area contributed by atoms with Crippen molar-refractivity contribution >= 4 is 51.7 Å². The van der Waals surface area contributed by atoms with Crippen molar-refractivity contribution < 1.29 is 4.79 Å². The number of amides is 1. The van der Waals surface area contributed by atoms with Crippen molar-refractivity contribution in [2.24, 2.45) is 11.8 Å². The molecule has 0 N–H and O–H groups in total. The number of aryl methyl sites for hydroxylation is 1. The summed E-state index contributed by atoms with van der Waals surface area (Å²) in [6, 6.07) is 13.6. The highest BCUT2D eigenvalue weighted by atomic mass is 32.2. The molecular weight excluding hydrogens is 476 g/mol. The van der Waals surface area contributed by atoms with Crippen LogP contribution in [0.1, 0.15) is 37.0 Å². The first kappa shape index (κ1) is 23.8. The van der Waals surface area contributed by atoms with E-state index in [1.54, 1.807) is 21.6 Å². The van der Waals surface area contributed by atoms with Crippen molar-refractivity contribution in [3.8, 4) is 0 Å². The topological polar surface area (TPSA) is 57.9 Å². The smallest absolute Gasteiger partial charge is 0.267 e. The summed E-state index contributed by atoms with van der Waals surface area (Å²) in [4.78, 5) is 36.3. The van der Waals surface area contributed by atoms with Crippen molar-refractivity contribution in [2.45, 2.75) is 33.7 Å². The number of carbonyl (C=O) groups is 1. The minimum absolute atomic E-state index is 0.173. The molecule has 180 valence electrons. The molecule has 2 aliphatic rings. The number of fused-ring (bicyclic) bond motifs is 1. The molecule has 1 aromatic carbocycles. The van der Waals surface area contributed by atoms with Crippen LogP contribution in [0.15, 0.2) is 58.4 Å². The number of anilines is 1. The predicted octanol–water partition coefficient (Wildman–Crippen LogP) is 4.89. The van der Waals surface area contributed by atoms with Crippen LogP contribution in [-0.4, -0.2) is 37.6 Å². The van der Waals surface area contributed by atoms with Gasteiger partial charge in [-0.05, 0) is 48.4 Å². The predicted molar refractivity (Wildman–Crippen MR) is 147 cm³/mol. The van der Waals surface area contributed by atoms with Crippen LogP contribution in [0.25, 0.3) is 11.7 Å². The highest BCUT2D eigenvalue weighted by Gasteiger charge is 2.33. The molecule has 2 atom stereocenters. The number of piperidine rings is 1. The Morgan fingerprint density at radius 3 is 2.51 bits per heavy atom. The van der Waals surface area contributed by atoms with Crippen LogP contribution in [0.4, 0.5) is 5.82 Å². The third-order valence-electron chi connectivity index (χ3n) is 6.57. The van der Waals surface area contributed by atoms with Crippen LogP contribution in [0.3, 0.4) is 0 Å². The van der Waals surface area contributed by atoms with E-state index in [0.29, 0.717) is 44.6 Å². The summed E-state index contributed by atoms with van der Waals surface area (Å²) in [6.07, 6.45) is 4.59. The third-order valence-corrected chi connectivity index (χ3v) is 7.94. The maximum absolute atomic E-state index is 13.7. The van der Waals surface area contributed by atoms with E-state index in [-0.39, 0.29) is 11.5 Å². The maximum Gasteiger partial charge on any atom is 0.267 e. The van der Waals surface area contributed by atoms with Crippen LogP contribution >= 0.6 is 24.0 Å². The van der Waals surface area contributed by atoms with Crippen molar-refractivity contribution in [3.05, 3.63) is 80.6 Å². The Balaban J connectivity index is 1.60. The molecule has 5 rings (SSSR count). The molecule has 0 unspecified atom stereocenters. The summed E-state index contributed by atoms with van der Waals surface area (Å²) < 4.78 is 2.07. The molecule has 0 bridgehead atoms. The number of thioether (sulfide) groups is 1. The Labute approximate surface area is 214 Å². The SMILES string of the molecule is Cc1cccn2c(=O)c(/C=C3/SC(=S)N(Cc4ccccc4)C3=O)c(N3C[C@H](C)C[C@@H](C)C3)nc12. The average molecular weight is 505 g/mol. The fourth-order valence-corrected chi connectivity index (χ4v) is 6.27. The number of thiocarbonyl (C=S) groups is 1. The summed E-state index contributed by atoms with van der Waals surface area (Å²) in [5, 5.41) is 0. The lowest BCUT2D eigenvalue weighted by Gasteiger charge is -2.36. The fourth-order valence-electron chi connectivity index (χ4n) is 5.04. The summed E-state index contributed by atoms with van der Waals surface area (Å²) in [5.74, 6) is 1.46. The van der Waals surface area contributed by atoms with Crippen LogP contribution in [0, 0.1) is 18.8 Å². The van der Waals surface area contributed by atoms with E-state index in [4.69, 9.17) is 17.2 Å². The molecule has 6 nitrogen and oxygen atoms in total. The van der Waals surface area contributed by atoms with Crippen molar-refractivity contribution in [1.29, 1.82) is 0 Å². The van der Waals surface area contributed by atoms with E-state index in [0.717, 1.165) is 30.6 Å². The van der Waals surface area contributed by atoms with Gasteiger partial charge in [-0.25, -0.2) is 4.98 Å². The second-order valence-corrected chi connectivity index (χ2v) is 11.3. The fraction of sp³-hybridized carbons (Fsp3) is 0.333. The molecule has 35 heavy (non-hydrogen) atoms. The van der Waals surface area contributed by atoms with E-state index < -0.39 is 0 Å². The molecule has 0 saturated carbocycles. The first-order valence-electron chi connectivity index (χ1n) is 11.9. The molecule has 2 fully saturated rings. The van der Waals surface area contributed by atoms with E-state index in [2.05, 4.69) is 18.7 Å². The maximum atomic E-state index is 13.7. The Morgan fingerprint density at radius 2 is 1.80 bits per heavy atom. The quantitative estimate of drug-likeness (QED) is 0.373. The number of benzene rings is 1. The van der Waals surface area contributed by atoms with E-state index in [9.17, 15) is 9.59 Å². The van der Waals surface area contributed by atoms with Gasteiger partial charge < -0.3 is 4.90 Å². The molecule has 0 aliphatic carbocycles. The van der Waals surface area contributed by atoms with Gasteiger partial charge in [0.15, 0.2) is 0 Å². The van der Waals surface area contributed by atoms with Gasteiger partial charge in [0.1, 0.15) is 15.8 Å². The second-order valence-electron chi connectivity index (χ2n) is 9.64. The lowest BCUT2D eigenvalue weighted by atomic mass is 9.91. The standard InChI is InChI=1S/C27H28N4O2S2/c1-17-12-18(2)15-29(14-17)24-21(25(32)30-11-7-8-19(3)23(30)28-24)13-22-26(33)31(27(34)35-22)16-20-9-5-4-6-10-20/h4-11,13,17-18H,12,14-16H2,1-3H3/b22-13+/t17-,18-/m1/s1. The van der Waals surface area contributed by atoms with Crippen molar-refractivity contribution in [2.75, 3.05) is 18.0 Å². The molecule has 2 aliphatic heterocycles. The number of carbonyl (C=O) groups excluding carboxylic acids is 1. The minimum atomic E-state index is -0.177. The Morgan fingerprint density at radius 1 is 1.09 bits per heavy atom. The molecular formula is C27H28N4O2S2. The van der Waals surface area contributed by atoms with Crippen molar-refractivity contribution in [3.63, 3.8) is 0 Å². The Kier molecular flexibility index (Phi) is 6.51. The Hall–Kier alpha value is -2.97. The van der Waals surface area contributed by atoms with Crippen molar-refractivity contribution in [1.82, 2.24) is 14.3 Å². The lowest BCUT2D eigenvalue weighted by Crippen LogP contribution is -2.40. The molecule has 3 aromatic rings. The van der Waals surface area contributed by atoms with Gasteiger partial charge in [0, 0.05) is 19.3 Å². The van der Waals surface area contributed by atoms with Gasteiger partial charge in [0.2, 0.25) is 0 Å². The zero-order chi connectivity index (χ0) is 24.7. The van der Waals surface area contributed by atoms with Gasteiger partial charge in [0.25, 0.3) is 11.5 Å². The van der Waals surface area contributed by atoms with E-state index in [1.807, 2.05) is 49.4 Å². The first-order valence-corrected chi connectivity index (χ1v) is 13.1. The van der Waals surface area contributed by atoms with Gasteiger partial charge in [0.05, 0.1) is 17.0 Å². The Bertz CT molecular complexity index is 1390. The van der Waals surface area contributed by atoms with Gasteiger partial charge in [-0.1, -0.05) is 74.2 Å². The number of rotatable bonds is 4. The summed E-state index contributed by atoms with van der Waals surface area (Å²) in [6.45, 7) is 8.49. The minimum Gasteiger partial charge on any atom is -0.355 e. The zero-order valence-corrected chi connectivity index (χ0v) is 21.7. The largest absolute Gasteiger partial charge is 0.355 e. The average Bonchev–Trinajstić information content (AvgIpc) is 3.08. The normalized spacial score (nSPS) is 22.0. The second kappa shape index (κ2) is 9.59. The number of hydrogen-bond donors (Lipinski definition) is 0. The molecule has 1 amide bonds. The number of hydrogen-bond acceptors (Lipinski definition) is 6. The lowest BCUT2D eigenvalue weighted by molar-refractivity contribution is -0.122. The van der Waals surface area contributed by atoms with Gasteiger partial charge in [-0.3, -0.25) is 18.9 Å². The monoisotopic (exact) mass is 504 g/mol. The molecule has 2 aromatic heterocycles. The summed E-state index contributed by atoms with van der Waals surface area (Å²) in [7, 11) is 0. The number of pyridine rings is 1. The summed E-state index contributed by atoms with van der Waals surface area (Å²) in [5.41, 5.74) is 2.85. The zero-order valence-electron chi connectivity index (χ0n) is 20.1. The molecule has 0 radical (unpaired) electrons. The third kappa shape index (κ3) is 4.65. The van der Waals surface area contributed by atoms with Gasteiger partial charge in [-0.15, -0.1) is 0 Å². The van der Waals surface area contributed by atoms with Crippen LogP contribution in [0.5, 0.6) is 0 Å². The highest BCUT2D eigenvalue weighted by Crippen LogP contribution is 2.35. The van der Waals surface area contributed by atoms with Crippen LogP contribution < -0.4 is 10.5 Å². The first-order chi connectivity index (χ1) is 16.8. The molecule has 0 spiro atoms. The van der Waals surface area contributed by atoms with E-state index >= 15 is 0 Å². The molecule has 2 saturated heterocycles. The molecule has 8 heteroatoms. The number of nitrogens with zero attached hydrogens (tertiary/aromatic N) is 4. The summed E-state index contributed by atoms with van der Waals surface area (Å²) >= 11 is 6.79. The van der Waals surface area contributed by atoms with Crippen LogP contribution in [-0.2, 0) is 11.3 Å². The van der Waals surface area contributed by atoms with Gasteiger partial charge in [-0.2, -0.15) is 0 Å². The van der Waals surface area contributed by atoms with Gasteiger partial charge >= 0.3 is 0 Å². The van der Waals surface area contributed by atoms with Crippen LogP contribution in [0.2, 0.25) is 0 Å². The van der Waals surface area contributed by atoms with E-state index in [1.165, 1.54) is 11.8 Å². The highest BCUT2D eigenvalue weighted by molar-refractivity contribution is 8.26. The molecule has 4 heterocycles.